The normalized spacial score (nSPS) is 10.2. The van der Waals surface area contributed by atoms with Crippen LogP contribution in [0.15, 0.2) is 67.0 Å². The Kier molecular flexibility index (Phi) is 5.49. The summed E-state index contributed by atoms with van der Waals surface area (Å²) in [7, 11) is 1.54. The van der Waals surface area contributed by atoms with Crippen molar-refractivity contribution in [1.82, 2.24) is 4.98 Å². The van der Waals surface area contributed by atoms with Crippen LogP contribution in [-0.2, 0) is 6.61 Å². The summed E-state index contributed by atoms with van der Waals surface area (Å²) in [6, 6.07) is 16.0. The molecule has 0 amide bonds. The topological polar surface area (TPSA) is 57.7 Å². The number of benzene rings is 2. The van der Waals surface area contributed by atoms with Gasteiger partial charge in [-0.25, -0.2) is 4.79 Å². The molecule has 1 aromatic heterocycles. The molecule has 0 fully saturated rings. The van der Waals surface area contributed by atoms with Crippen LogP contribution >= 0.6 is 0 Å². The summed E-state index contributed by atoms with van der Waals surface area (Å²) in [5.74, 6) is 1.00. The molecule has 0 aliphatic heterocycles. The molecule has 3 rings (SSSR count). The molecular weight excluding hydrogens is 330 g/mol. The van der Waals surface area contributed by atoms with Gasteiger partial charge in [0, 0.05) is 18.0 Å². The minimum atomic E-state index is -0.473. The predicted molar refractivity (Wildman–Crippen MR) is 97.7 cm³/mol. The second-order valence-corrected chi connectivity index (χ2v) is 5.72. The van der Waals surface area contributed by atoms with Crippen LogP contribution in [0.4, 0.5) is 0 Å². The van der Waals surface area contributed by atoms with Crippen molar-refractivity contribution in [2.75, 3.05) is 7.11 Å². The van der Waals surface area contributed by atoms with Gasteiger partial charge in [0.2, 0.25) is 0 Å². The van der Waals surface area contributed by atoms with Gasteiger partial charge in [-0.05, 0) is 48.9 Å². The van der Waals surface area contributed by atoms with E-state index in [2.05, 4.69) is 4.98 Å². The van der Waals surface area contributed by atoms with Gasteiger partial charge in [0.15, 0.2) is 11.5 Å². The van der Waals surface area contributed by atoms with Crippen molar-refractivity contribution < 1.29 is 19.0 Å². The first-order valence-electron chi connectivity index (χ1n) is 8.14. The molecule has 0 bridgehead atoms. The van der Waals surface area contributed by atoms with Gasteiger partial charge in [0.05, 0.1) is 12.7 Å². The molecule has 1 heterocycles. The van der Waals surface area contributed by atoms with E-state index in [1.807, 2.05) is 31.2 Å². The average molecular weight is 349 g/mol. The third-order valence-corrected chi connectivity index (χ3v) is 3.72. The number of pyridine rings is 1. The highest BCUT2D eigenvalue weighted by molar-refractivity contribution is 5.91. The van der Waals surface area contributed by atoms with Crippen LogP contribution in [0.1, 0.15) is 21.5 Å². The van der Waals surface area contributed by atoms with Crippen LogP contribution in [-0.4, -0.2) is 18.1 Å². The number of aryl methyl sites for hydroxylation is 1. The molecule has 0 aliphatic carbocycles. The fourth-order valence-electron chi connectivity index (χ4n) is 2.38. The van der Waals surface area contributed by atoms with E-state index in [1.165, 1.54) is 0 Å². The van der Waals surface area contributed by atoms with Crippen molar-refractivity contribution in [3.63, 3.8) is 0 Å². The van der Waals surface area contributed by atoms with Crippen LogP contribution in [0.3, 0.4) is 0 Å². The number of ether oxygens (including phenoxy) is 3. The summed E-state index contributed by atoms with van der Waals surface area (Å²) in [6.45, 7) is 2.31. The summed E-state index contributed by atoms with van der Waals surface area (Å²) < 4.78 is 16.5. The molecule has 5 heteroatoms. The maximum Gasteiger partial charge on any atom is 0.343 e. The number of methoxy groups -OCH3 is 1. The van der Waals surface area contributed by atoms with E-state index in [9.17, 15) is 4.79 Å². The second-order valence-electron chi connectivity index (χ2n) is 5.72. The Balaban J connectivity index is 1.70. The highest BCUT2D eigenvalue weighted by Gasteiger charge is 2.13. The lowest BCUT2D eigenvalue weighted by atomic mass is 10.2. The largest absolute Gasteiger partial charge is 0.493 e. The maximum absolute atomic E-state index is 12.5. The van der Waals surface area contributed by atoms with Crippen LogP contribution in [0, 0.1) is 6.92 Å². The molecule has 5 nitrogen and oxygen atoms in total. The Bertz CT molecular complexity index is 894. The lowest BCUT2D eigenvalue weighted by Crippen LogP contribution is -2.09. The van der Waals surface area contributed by atoms with Crippen molar-refractivity contribution in [2.45, 2.75) is 13.5 Å². The van der Waals surface area contributed by atoms with Gasteiger partial charge in [-0.15, -0.1) is 0 Å². The van der Waals surface area contributed by atoms with Crippen molar-refractivity contribution >= 4 is 5.97 Å². The van der Waals surface area contributed by atoms with Crippen molar-refractivity contribution in [3.8, 4) is 17.2 Å². The Labute approximate surface area is 152 Å². The number of carbonyl (C=O) groups excluding carboxylic acids is 1. The molecule has 0 radical (unpaired) electrons. The van der Waals surface area contributed by atoms with Crippen molar-refractivity contribution in [2.24, 2.45) is 0 Å². The Morgan fingerprint density at radius 1 is 1.04 bits per heavy atom. The van der Waals surface area contributed by atoms with Crippen LogP contribution in [0.25, 0.3) is 0 Å². The third kappa shape index (κ3) is 4.39. The zero-order valence-electron chi connectivity index (χ0n) is 14.6. The molecule has 0 N–H and O–H groups in total. The smallest absolute Gasteiger partial charge is 0.343 e. The molecule has 26 heavy (non-hydrogen) atoms. The molecule has 0 saturated carbocycles. The van der Waals surface area contributed by atoms with Gasteiger partial charge < -0.3 is 14.2 Å². The summed E-state index contributed by atoms with van der Waals surface area (Å²) in [5, 5.41) is 0. The van der Waals surface area contributed by atoms with Crippen LogP contribution in [0.5, 0.6) is 17.2 Å². The molecule has 0 aliphatic rings. The number of rotatable bonds is 6. The molecule has 0 unspecified atom stereocenters. The molecule has 0 spiro atoms. The number of esters is 1. The van der Waals surface area contributed by atoms with Crippen molar-refractivity contribution in [1.29, 1.82) is 0 Å². The number of hydrogen-bond donors (Lipinski definition) is 0. The zero-order valence-corrected chi connectivity index (χ0v) is 14.6. The second kappa shape index (κ2) is 8.16. The lowest BCUT2D eigenvalue weighted by Gasteiger charge is -2.11. The van der Waals surface area contributed by atoms with E-state index >= 15 is 0 Å². The Hall–Kier alpha value is -3.34. The summed E-state index contributed by atoms with van der Waals surface area (Å²) in [5.41, 5.74) is 2.37. The first-order chi connectivity index (χ1) is 12.7. The van der Waals surface area contributed by atoms with Gasteiger partial charge >= 0.3 is 5.97 Å². The van der Waals surface area contributed by atoms with Gasteiger partial charge in [0.25, 0.3) is 0 Å². The molecule has 3 aromatic rings. The summed E-state index contributed by atoms with van der Waals surface area (Å²) in [4.78, 5) is 16.5. The highest BCUT2D eigenvalue weighted by Crippen LogP contribution is 2.28. The van der Waals surface area contributed by atoms with Crippen LogP contribution in [0.2, 0.25) is 0 Å². The summed E-state index contributed by atoms with van der Waals surface area (Å²) in [6.07, 6.45) is 3.45. The van der Waals surface area contributed by atoms with E-state index in [-0.39, 0.29) is 0 Å². The zero-order chi connectivity index (χ0) is 18.4. The minimum absolute atomic E-state index is 0.373. The number of hydrogen-bond acceptors (Lipinski definition) is 5. The van der Waals surface area contributed by atoms with Gasteiger partial charge in [-0.3, -0.25) is 4.98 Å². The van der Waals surface area contributed by atoms with E-state index < -0.39 is 5.97 Å². The van der Waals surface area contributed by atoms with Crippen molar-refractivity contribution in [3.05, 3.63) is 83.7 Å². The van der Waals surface area contributed by atoms with E-state index in [1.54, 1.807) is 49.8 Å². The molecule has 2 aromatic carbocycles. The Morgan fingerprint density at radius 3 is 2.69 bits per heavy atom. The number of aromatic nitrogens is 1. The first kappa shape index (κ1) is 17.5. The molecule has 0 atom stereocenters. The summed E-state index contributed by atoms with van der Waals surface area (Å²) >= 11 is 0. The standard InChI is InChI=1S/C21H19NO4/c1-15-8-9-19(20(11-15)24-2)26-21(23)17-6-3-7-18(12-17)25-14-16-5-4-10-22-13-16/h3-13H,14H2,1-2H3. The Morgan fingerprint density at radius 2 is 1.92 bits per heavy atom. The SMILES string of the molecule is COc1cc(C)ccc1OC(=O)c1cccc(OCc2cccnc2)c1. The molecule has 0 saturated heterocycles. The third-order valence-electron chi connectivity index (χ3n) is 3.72. The van der Waals surface area contributed by atoms with Gasteiger partial charge in [0.1, 0.15) is 12.4 Å². The number of nitrogens with zero attached hydrogens (tertiary/aromatic N) is 1. The first-order valence-corrected chi connectivity index (χ1v) is 8.14. The quantitative estimate of drug-likeness (QED) is 0.493. The number of carbonyl (C=O) groups is 1. The van der Waals surface area contributed by atoms with E-state index in [0.29, 0.717) is 29.4 Å². The monoisotopic (exact) mass is 349 g/mol. The fraction of sp³-hybridized carbons (Fsp3) is 0.143. The molecule has 132 valence electrons. The van der Waals surface area contributed by atoms with Gasteiger partial charge in [-0.2, -0.15) is 0 Å². The van der Waals surface area contributed by atoms with Crippen LogP contribution < -0.4 is 14.2 Å². The van der Waals surface area contributed by atoms with E-state index in [4.69, 9.17) is 14.2 Å². The van der Waals surface area contributed by atoms with Gasteiger partial charge in [-0.1, -0.05) is 18.2 Å². The van der Waals surface area contributed by atoms with E-state index in [0.717, 1.165) is 11.1 Å². The average Bonchev–Trinajstić information content (AvgIpc) is 2.68. The predicted octanol–water partition coefficient (Wildman–Crippen LogP) is 4.20. The lowest BCUT2D eigenvalue weighted by molar-refractivity contribution is 0.0729. The maximum atomic E-state index is 12.5. The molecular formula is C21H19NO4. The fourth-order valence-corrected chi connectivity index (χ4v) is 2.38. The minimum Gasteiger partial charge on any atom is -0.493 e. The highest BCUT2D eigenvalue weighted by atomic mass is 16.6.